The van der Waals surface area contributed by atoms with Crippen molar-refractivity contribution in [3.8, 4) is 0 Å². The lowest BCUT2D eigenvalue weighted by Gasteiger charge is -2.32. The molecule has 3 nitrogen and oxygen atoms in total. The minimum Gasteiger partial charge on any atom is -0.366 e. The minimum absolute atomic E-state index is 0.164. The highest BCUT2D eigenvalue weighted by atomic mass is 35.5. The number of hydrogen-bond acceptors (Lipinski definition) is 3. The van der Waals surface area contributed by atoms with Crippen LogP contribution in [0.5, 0.6) is 0 Å². The molecule has 1 aliphatic rings. The smallest absolute Gasteiger partial charge is 0.133 e. The van der Waals surface area contributed by atoms with Crippen LogP contribution in [0.3, 0.4) is 0 Å². The summed E-state index contributed by atoms with van der Waals surface area (Å²) >= 11 is 5.97. The predicted octanol–water partition coefficient (Wildman–Crippen LogP) is 4.20. The highest BCUT2D eigenvalue weighted by Gasteiger charge is 2.26. The molecule has 1 aromatic rings. The molecular weight excluding hydrogens is 270 g/mol. The molecule has 1 aliphatic carbocycles. The summed E-state index contributed by atoms with van der Waals surface area (Å²) in [6.45, 7) is 6.74. The third-order valence-corrected chi connectivity index (χ3v) is 4.35. The molecule has 2 rings (SSSR count). The number of nitrogens with zero attached hydrogens (tertiary/aromatic N) is 2. The van der Waals surface area contributed by atoms with Gasteiger partial charge in [0.25, 0.3) is 0 Å². The number of aryl methyl sites for hydroxylation is 1. The fourth-order valence-electron chi connectivity index (χ4n) is 2.82. The van der Waals surface area contributed by atoms with E-state index < -0.39 is 0 Å². The van der Waals surface area contributed by atoms with Gasteiger partial charge < -0.3 is 5.32 Å². The molecule has 0 saturated heterocycles. The Balaban J connectivity index is 2.24. The molecule has 0 bridgehead atoms. The zero-order chi connectivity index (χ0) is 14.6. The van der Waals surface area contributed by atoms with E-state index in [1.54, 1.807) is 6.33 Å². The Morgan fingerprint density at radius 1 is 1.20 bits per heavy atom. The Hall–Kier alpha value is -0.830. The van der Waals surface area contributed by atoms with Crippen molar-refractivity contribution >= 4 is 17.4 Å². The van der Waals surface area contributed by atoms with Gasteiger partial charge in [-0.1, -0.05) is 27.2 Å². The van der Waals surface area contributed by atoms with Gasteiger partial charge >= 0.3 is 0 Å². The van der Waals surface area contributed by atoms with Crippen LogP contribution in [-0.2, 0) is 12.8 Å². The van der Waals surface area contributed by atoms with E-state index in [1.165, 1.54) is 30.5 Å². The van der Waals surface area contributed by atoms with Gasteiger partial charge in [-0.3, -0.25) is 0 Å². The number of halogens is 1. The van der Waals surface area contributed by atoms with E-state index in [-0.39, 0.29) is 5.41 Å². The Morgan fingerprint density at radius 2 is 1.95 bits per heavy atom. The molecule has 1 aromatic heterocycles. The lowest BCUT2D eigenvalue weighted by Crippen LogP contribution is -2.35. The summed E-state index contributed by atoms with van der Waals surface area (Å²) in [5.41, 5.74) is 2.73. The first-order valence-electron chi connectivity index (χ1n) is 7.67. The second-order valence-corrected chi connectivity index (χ2v) is 7.13. The maximum Gasteiger partial charge on any atom is 0.133 e. The number of aromatic nitrogens is 2. The molecule has 20 heavy (non-hydrogen) atoms. The fourth-order valence-corrected chi connectivity index (χ4v) is 3.04. The number of hydrogen-bond donors (Lipinski definition) is 1. The average molecular weight is 296 g/mol. The average Bonchev–Trinajstić information content (AvgIpc) is 2.63. The van der Waals surface area contributed by atoms with Crippen molar-refractivity contribution in [3.63, 3.8) is 0 Å². The zero-order valence-corrected chi connectivity index (χ0v) is 13.6. The number of fused-ring (bicyclic) bond motifs is 1. The second-order valence-electron chi connectivity index (χ2n) is 6.75. The Bertz CT molecular complexity index is 440. The molecule has 1 unspecified atom stereocenters. The van der Waals surface area contributed by atoms with Crippen LogP contribution in [-0.4, -0.2) is 21.9 Å². The van der Waals surface area contributed by atoms with Crippen LogP contribution in [0.25, 0.3) is 0 Å². The van der Waals surface area contributed by atoms with E-state index in [9.17, 15) is 0 Å². The van der Waals surface area contributed by atoms with Crippen molar-refractivity contribution in [2.45, 2.75) is 65.3 Å². The van der Waals surface area contributed by atoms with Gasteiger partial charge in [0, 0.05) is 23.2 Å². The lowest BCUT2D eigenvalue weighted by atomic mass is 9.85. The highest BCUT2D eigenvalue weighted by molar-refractivity contribution is 6.17. The molecule has 1 N–H and O–H groups in total. The summed E-state index contributed by atoms with van der Waals surface area (Å²) in [4.78, 5) is 8.98. The van der Waals surface area contributed by atoms with E-state index in [1.807, 2.05) is 0 Å². The van der Waals surface area contributed by atoms with E-state index in [0.717, 1.165) is 25.1 Å². The van der Waals surface area contributed by atoms with Crippen LogP contribution in [0, 0.1) is 5.41 Å². The van der Waals surface area contributed by atoms with Crippen molar-refractivity contribution in [3.05, 3.63) is 17.6 Å². The molecule has 112 valence electrons. The topological polar surface area (TPSA) is 37.8 Å². The van der Waals surface area contributed by atoms with Gasteiger partial charge in [0.2, 0.25) is 0 Å². The normalized spacial score (nSPS) is 17.2. The number of nitrogens with one attached hydrogen (secondary N) is 1. The lowest BCUT2D eigenvalue weighted by molar-refractivity contribution is 0.333. The van der Waals surface area contributed by atoms with Gasteiger partial charge in [-0.15, -0.1) is 11.6 Å². The monoisotopic (exact) mass is 295 g/mol. The number of anilines is 1. The standard InChI is InChI=1S/C16H26ClN3/c1-16(2,3)14(9-10-17)20-15-12-7-5-4-6-8-13(12)18-11-19-15/h11,14H,4-10H2,1-3H3,(H,18,19,20). The number of rotatable bonds is 4. The van der Waals surface area contributed by atoms with Crippen molar-refractivity contribution in [2.24, 2.45) is 5.41 Å². The maximum absolute atomic E-state index is 5.97. The molecule has 0 aromatic carbocycles. The van der Waals surface area contributed by atoms with Crippen molar-refractivity contribution in [1.82, 2.24) is 9.97 Å². The van der Waals surface area contributed by atoms with Gasteiger partial charge in [-0.2, -0.15) is 0 Å². The molecule has 1 heterocycles. The van der Waals surface area contributed by atoms with Gasteiger partial charge in [0.1, 0.15) is 12.1 Å². The van der Waals surface area contributed by atoms with Gasteiger partial charge in [0.15, 0.2) is 0 Å². The second kappa shape index (κ2) is 6.75. The summed E-state index contributed by atoms with van der Waals surface area (Å²) < 4.78 is 0. The molecule has 0 spiro atoms. The van der Waals surface area contributed by atoms with Crippen LogP contribution in [0.15, 0.2) is 6.33 Å². The van der Waals surface area contributed by atoms with Gasteiger partial charge in [-0.05, 0) is 37.5 Å². The summed E-state index contributed by atoms with van der Waals surface area (Å²) in [5.74, 6) is 1.70. The Kier molecular flexibility index (Phi) is 5.25. The van der Waals surface area contributed by atoms with Crippen LogP contribution in [0.1, 0.15) is 57.7 Å². The molecule has 4 heteroatoms. The first kappa shape index (κ1) is 15.6. The summed E-state index contributed by atoms with van der Waals surface area (Å²) in [6, 6.07) is 0.335. The molecular formula is C16H26ClN3. The summed E-state index contributed by atoms with van der Waals surface area (Å²) in [5, 5.41) is 3.64. The molecule has 0 amide bonds. The summed E-state index contributed by atoms with van der Waals surface area (Å²) in [6.07, 6.45) is 8.61. The number of alkyl halides is 1. The molecule has 0 radical (unpaired) electrons. The SMILES string of the molecule is CC(C)(C)C(CCCl)Nc1ncnc2c1CCCCC2. The van der Waals surface area contributed by atoms with Crippen molar-refractivity contribution in [1.29, 1.82) is 0 Å². The molecule has 0 fully saturated rings. The zero-order valence-electron chi connectivity index (χ0n) is 12.9. The highest BCUT2D eigenvalue weighted by Crippen LogP contribution is 2.29. The van der Waals surface area contributed by atoms with Crippen LogP contribution >= 0.6 is 11.6 Å². The molecule has 0 saturated carbocycles. The quantitative estimate of drug-likeness (QED) is 0.668. The molecule has 1 atom stereocenters. The first-order chi connectivity index (χ1) is 9.52. The van der Waals surface area contributed by atoms with E-state index >= 15 is 0 Å². The fraction of sp³-hybridized carbons (Fsp3) is 0.750. The van der Waals surface area contributed by atoms with Crippen molar-refractivity contribution in [2.75, 3.05) is 11.2 Å². The van der Waals surface area contributed by atoms with Gasteiger partial charge in [0.05, 0.1) is 0 Å². The van der Waals surface area contributed by atoms with Crippen LogP contribution < -0.4 is 5.32 Å². The van der Waals surface area contributed by atoms with Crippen LogP contribution in [0.4, 0.5) is 5.82 Å². The summed E-state index contributed by atoms with van der Waals surface area (Å²) in [7, 11) is 0. The third-order valence-electron chi connectivity index (χ3n) is 4.13. The van der Waals surface area contributed by atoms with E-state index in [2.05, 4.69) is 36.1 Å². The van der Waals surface area contributed by atoms with E-state index in [4.69, 9.17) is 11.6 Å². The van der Waals surface area contributed by atoms with Gasteiger partial charge in [-0.25, -0.2) is 9.97 Å². The van der Waals surface area contributed by atoms with Crippen molar-refractivity contribution < 1.29 is 0 Å². The maximum atomic E-state index is 5.97. The third kappa shape index (κ3) is 3.85. The van der Waals surface area contributed by atoms with E-state index in [0.29, 0.717) is 11.9 Å². The first-order valence-corrected chi connectivity index (χ1v) is 8.21. The molecule has 0 aliphatic heterocycles. The Labute approximate surface area is 127 Å². The van der Waals surface area contributed by atoms with Crippen LogP contribution in [0.2, 0.25) is 0 Å². The Morgan fingerprint density at radius 3 is 2.65 bits per heavy atom. The predicted molar refractivity (Wildman–Crippen MR) is 85.5 cm³/mol. The largest absolute Gasteiger partial charge is 0.366 e. The minimum atomic E-state index is 0.164.